The van der Waals surface area contributed by atoms with Crippen LogP contribution in [0.4, 0.5) is 0 Å². The summed E-state index contributed by atoms with van der Waals surface area (Å²) in [4.78, 5) is 10.9. The minimum Gasteiger partial charge on any atom is -0.457 e. The first kappa shape index (κ1) is 7.86. The second kappa shape index (κ2) is 2.94. The molecule has 0 spiro atoms. The summed E-state index contributed by atoms with van der Waals surface area (Å²) in [5, 5.41) is 0. The smallest absolute Gasteiger partial charge is 0.205 e. The van der Waals surface area contributed by atoms with Crippen LogP contribution in [0.2, 0.25) is 0 Å². The van der Waals surface area contributed by atoms with Crippen molar-refractivity contribution in [1.82, 2.24) is 0 Å². The molecule has 0 fully saturated rings. The predicted molar refractivity (Wildman–Crippen MR) is 46.5 cm³/mol. The Morgan fingerprint density at radius 2 is 1.92 bits per heavy atom. The van der Waals surface area contributed by atoms with E-state index in [0.717, 1.165) is 0 Å². The molecule has 1 aromatic rings. The van der Waals surface area contributed by atoms with Gasteiger partial charge in [0.05, 0.1) is 0 Å². The van der Waals surface area contributed by atoms with Gasteiger partial charge < -0.3 is 9.47 Å². The number of Topliss-reactive ketones (excluding diaryl/α,β-unsaturated/α-hetero) is 1. The molecule has 0 aromatic heterocycles. The van der Waals surface area contributed by atoms with E-state index in [1.54, 1.807) is 12.1 Å². The van der Waals surface area contributed by atoms with Crippen molar-refractivity contribution in [2.45, 2.75) is 6.92 Å². The first-order valence-electron chi connectivity index (χ1n) is 3.92. The molecule has 1 heterocycles. The Labute approximate surface area is 75.6 Å². The van der Waals surface area contributed by atoms with Gasteiger partial charge in [-0.15, -0.1) is 0 Å². The number of hydrogen-bond acceptors (Lipinski definition) is 3. The molecule has 0 bridgehead atoms. The van der Waals surface area contributed by atoms with Crippen LogP contribution in [0.25, 0.3) is 0 Å². The third-order valence-electron chi connectivity index (χ3n) is 1.71. The summed E-state index contributed by atoms with van der Waals surface area (Å²) in [5.74, 6) is 1.30. The van der Waals surface area contributed by atoms with Crippen LogP contribution in [-0.4, -0.2) is 5.78 Å². The van der Waals surface area contributed by atoms with Gasteiger partial charge in [0.15, 0.2) is 17.3 Å². The van der Waals surface area contributed by atoms with Crippen LogP contribution in [0.1, 0.15) is 6.92 Å². The number of fused-ring (bicyclic) bond motifs is 1. The molecular formula is C10H8O3. The van der Waals surface area contributed by atoms with Crippen LogP contribution < -0.4 is 9.47 Å². The van der Waals surface area contributed by atoms with E-state index in [1.807, 2.05) is 12.1 Å². The molecule has 1 aromatic carbocycles. The second-order valence-electron chi connectivity index (χ2n) is 2.70. The maximum absolute atomic E-state index is 10.9. The second-order valence-corrected chi connectivity index (χ2v) is 2.70. The standard InChI is InChI=1S/C10H8O3/c1-7(11)10-6-12-8-4-2-3-5-9(8)13-10/h2-6H,1H3. The van der Waals surface area contributed by atoms with E-state index in [2.05, 4.69) is 0 Å². The van der Waals surface area contributed by atoms with Crippen molar-refractivity contribution >= 4 is 5.78 Å². The predicted octanol–water partition coefficient (Wildman–Crippen LogP) is 1.89. The van der Waals surface area contributed by atoms with Crippen molar-refractivity contribution in [3.63, 3.8) is 0 Å². The molecule has 3 heteroatoms. The Bertz CT molecular complexity index is 380. The molecule has 0 radical (unpaired) electrons. The Kier molecular flexibility index (Phi) is 1.77. The fourth-order valence-corrected chi connectivity index (χ4v) is 1.05. The zero-order chi connectivity index (χ0) is 9.26. The topological polar surface area (TPSA) is 35.5 Å². The van der Waals surface area contributed by atoms with Crippen molar-refractivity contribution < 1.29 is 14.3 Å². The van der Waals surface area contributed by atoms with Crippen molar-refractivity contribution in [2.75, 3.05) is 0 Å². The Morgan fingerprint density at radius 3 is 2.62 bits per heavy atom. The summed E-state index contributed by atoms with van der Waals surface area (Å²) < 4.78 is 10.5. The highest BCUT2D eigenvalue weighted by atomic mass is 16.6. The summed E-state index contributed by atoms with van der Waals surface area (Å²) in [6.45, 7) is 1.43. The van der Waals surface area contributed by atoms with E-state index < -0.39 is 0 Å². The van der Waals surface area contributed by atoms with E-state index >= 15 is 0 Å². The zero-order valence-electron chi connectivity index (χ0n) is 7.11. The van der Waals surface area contributed by atoms with Gasteiger partial charge in [0.1, 0.15) is 6.26 Å². The Morgan fingerprint density at radius 1 is 1.23 bits per heavy atom. The van der Waals surface area contributed by atoms with Gasteiger partial charge in [-0.05, 0) is 12.1 Å². The van der Waals surface area contributed by atoms with Crippen LogP contribution in [0.3, 0.4) is 0 Å². The van der Waals surface area contributed by atoms with Gasteiger partial charge in [-0.1, -0.05) is 12.1 Å². The van der Waals surface area contributed by atoms with E-state index in [0.29, 0.717) is 11.5 Å². The van der Waals surface area contributed by atoms with Gasteiger partial charge in [-0.2, -0.15) is 0 Å². The van der Waals surface area contributed by atoms with E-state index in [9.17, 15) is 4.79 Å². The van der Waals surface area contributed by atoms with Gasteiger partial charge >= 0.3 is 0 Å². The third kappa shape index (κ3) is 1.40. The molecule has 0 saturated carbocycles. The third-order valence-corrected chi connectivity index (χ3v) is 1.71. The lowest BCUT2D eigenvalue weighted by molar-refractivity contribution is -0.115. The minimum atomic E-state index is -0.144. The minimum absolute atomic E-state index is 0.144. The summed E-state index contributed by atoms with van der Waals surface area (Å²) in [5.41, 5.74) is 0. The molecule has 0 N–H and O–H groups in total. The average molecular weight is 176 g/mol. The molecule has 0 saturated heterocycles. The zero-order valence-corrected chi connectivity index (χ0v) is 7.11. The van der Waals surface area contributed by atoms with Crippen molar-refractivity contribution in [3.05, 3.63) is 36.3 Å². The normalized spacial score (nSPS) is 13.5. The average Bonchev–Trinajstić information content (AvgIpc) is 2.17. The number of allylic oxidation sites excluding steroid dienone is 1. The SMILES string of the molecule is CC(=O)C1=COc2ccccc2O1. The summed E-state index contributed by atoms with van der Waals surface area (Å²) in [6.07, 6.45) is 1.32. The Hall–Kier alpha value is -1.77. The van der Waals surface area contributed by atoms with E-state index in [-0.39, 0.29) is 11.5 Å². The van der Waals surface area contributed by atoms with Crippen molar-refractivity contribution in [1.29, 1.82) is 0 Å². The maximum atomic E-state index is 10.9. The number of para-hydroxylation sites is 2. The van der Waals surface area contributed by atoms with Crippen LogP contribution in [-0.2, 0) is 4.79 Å². The monoisotopic (exact) mass is 176 g/mol. The van der Waals surface area contributed by atoms with Gasteiger partial charge in [0.2, 0.25) is 5.76 Å². The summed E-state index contributed by atoms with van der Waals surface area (Å²) in [7, 11) is 0. The first-order chi connectivity index (χ1) is 6.27. The molecule has 3 nitrogen and oxygen atoms in total. The highest BCUT2D eigenvalue weighted by Crippen LogP contribution is 2.31. The summed E-state index contributed by atoms with van der Waals surface area (Å²) >= 11 is 0. The molecule has 0 unspecified atom stereocenters. The molecule has 1 aliphatic heterocycles. The van der Waals surface area contributed by atoms with Gasteiger partial charge in [-0.25, -0.2) is 0 Å². The molecule has 66 valence electrons. The molecule has 0 aliphatic carbocycles. The van der Waals surface area contributed by atoms with E-state index in [4.69, 9.17) is 9.47 Å². The van der Waals surface area contributed by atoms with Crippen LogP contribution in [0, 0.1) is 0 Å². The van der Waals surface area contributed by atoms with Gasteiger partial charge in [-0.3, -0.25) is 4.79 Å². The number of ketones is 1. The largest absolute Gasteiger partial charge is 0.457 e. The molecule has 13 heavy (non-hydrogen) atoms. The van der Waals surface area contributed by atoms with Crippen LogP contribution in [0.15, 0.2) is 36.3 Å². The fraction of sp³-hybridized carbons (Fsp3) is 0.100. The molecule has 0 amide bonds. The number of hydrogen-bond donors (Lipinski definition) is 0. The number of ether oxygens (including phenoxy) is 2. The molecule has 2 rings (SSSR count). The van der Waals surface area contributed by atoms with Crippen molar-refractivity contribution in [2.24, 2.45) is 0 Å². The first-order valence-corrected chi connectivity index (χ1v) is 3.92. The maximum Gasteiger partial charge on any atom is 0.205 e. The highest BCUT2D eigenvalue weighted by molar-refractivity contribution is 5.91. The quantitative estimate of drug-likeness (QED) is 0.655. The number of carbonyl (C=O) groups is 1. The lowest BCUT2D eigenvalue weighted by Gasteiger charge is -2.15. The van der Waals surface area contributed by atoms with Crippen LogP contribution in [0.5, 0.6) is 11.5 Å². The van der Waals surface area contributed by atoms with Crippen molar-refractivity contribution in [3.8, 4) is 11.5 Å². The van der Waals surface area contributed by atoms with Crippen LogP contribution >= 0.6 is 0 Å². The molecule has 1 aliphatic rings. The lowest BCUT2D eigenvalue weighted by atomic mass is 10.3. The number of carbonyl (C=O) groups excluding carboxylic acids is 1. The number of rotatable bonds is 1. The fourth-order valence-electron chi connectivity index (χ4n) is 1.05. The molecule has 0 atom stereocenters. The lowest BCUT2D eigenvalue weighted by Crippen LogP contribution is -2.10. The molecular weight excluding hydrogens is 168 g/mol. The highest BCUT2D eigenvalue weighted by Gasteiger charge is 2.15. The number of benzene rings is 1. The van der Waals surface area contributed by atoms with Gasteiger partial charge in [0, 0.05) is 6.92 Å². The summed E-state index contributed by atoms with van der Waals surface area (Å²) in [6, 6.07) is 7.20. The van der Waals surface area contributed by atoms with E-state index in [1.165, 1.54) is 13.2 Å². The Balaban J connectivity index is 2.33. The van der Waals surface area contributed by atoms with Gasteiger partial charge in [0.25, 0.3) is 0 Å².